The molecule has 1 aromatic carbocycles. The lowest BCUT2D eigenvalue weighted by Crippen LogP contribution is -2.17. The van der Waals surface area contributed by atoms with E-state index in [0.29, 0.717) is 0 Å². The van der Waals surface area contributed by atoms with Crippen LogP contribution < -0.4 is 4.90 Å². The Kier molecular flexibility index (Phi) is 2.63. The summed E-state index contributed by atoms with van der Waals surface area (Å²) in [4.78, 5) is 17.5. The maximum Gasteiger partial charge on any atom is 0.157 e. The van der Waals surface area contributed by atoms with Crippen molar-refractivity contribution >= 4 is 29.1 Å². The van der Waals surface area contributed by atoms with Crippen LogP contribution in [0.4, 0.5) is 17.3 Å². The number of fused-ring (bicyclic) bond motifs is 2. The quantitative estimate of drug-likeness (QED) is 0.529. The van der Waals surface area contributed by atoms with E-state index in [-0.39, 0.29) is 0 Å². The molecule has 0 unspecified atom stereocenters. The molecule has 4 rings (SSSR count). The van der Waals surface area contributed by atoms with Crippen molar-refractivity contribution in [3.05, 3.63) is 61.2 Å². The molecule has 3 aromatic rings. The molecule has 0 N–H and O–H groups in total. The van der Waals surface area contributed by atoms with Crippen LogP contribution in [0.5, 0.6) is 0 Å². The summed E-state index contributed by atoms with van der Waals surface area (Å²) in [5, 5.41) is 0. The summed E-state index contributed by atoms with van der Waals surface area (Å²) in [7, 11) is 0. The van der Waals surface area contributed by atoms with E-state index in [9.17, 15) is 0 Å². The molecule has 5 heteroatoms. The van der Waals surface area contributed by atoms with Gasteiger partial charge in [0, 0.05) is 23.5 Å². The second-order valence-corrected chi connectivity index (χ2v) is 5.38. The summed E-state index contributed by atoms with van der Waals surface area (Å²) >= 11 is 1.73. The molecular weight excluding hydrogens is 268 g/mol. The smallest absolute Gasteiger partial charge is 0.157 e. The van der Waals surface area contributed by atoms with Crippen molar-refractivity contribution in [2.75, 3.05) is 4.90 Å². The largest absolute Gasteiger partial charge is 0.276 e. The summed E-state index contributed by atoms with van der Waals surface area (Å²) in [6.07, 6.45) is 6.93. The second-order valence-electron chi connectivity index (χ2n) is 4.29. The average Bonchev–Trinajstić information content (AvgIpc) is 2.53. The molecule has 2 aromatic heterocycles. The summed E-state index contributed by atoms with van der Waals surface area (Å²) < 4.78 is 0. The van der Waals surface area contributed by atoms with Crippen molar-refractivity contribution < 1.29 is 0 Å². The van der Waals surface area contributed by atoms with Gasteiger partial charge in [-0.2, -0.15) is 0 Å². The van der Waals surface area contributed by atoms with Gasteiger partial charge in [0.25, 0.3) is 0 Å². The Morgan fingerprint density at radius 3 is 2.65 bits per heavy atom. The van der Waals surface area contributed by atoms with Crippen LogP contribution in [-0.4, -0.2) is 15.0 Å². The minimum absolute atomic E-state index is 0.778. The molecule has 3 heterocycles. The first-order valence-corrected chi connectivity index (χ1v) is 7.03. The fourth-order valence-electron chi connectivity index (χ4n) is 2.23. The molecule has 1 aliphatic heterocycles. The summed E-state index contributed by atoms with van der Waals surface area (Å²) in [5.41, 5.74) is 1.09. The highest BCUT2D eigenvalue weighted by atomic mass is 32.2. The van der Waals surface area contributed by atoms with E-state index in [2.05, 4.69) is 33.2 Å². The van der Waals surface area contributed by atoms with Crippen molar-refractivity contribution in [1.82, 2.24) is 15.0 Å². The van der Waals surface area contributed by atoms with Gasteiger partial charge in [0.2, 0.25) is 0 Å². The van der Waals surface area contributed by atoms with Crippen LogP contribution in [0.15, 0.2) is 71.0 Å². The fraction of sp³-hybridized carbons (Fsp3) is 0. The number of hydrogen-bond acceptors (Lipinski definition) is 5. The van der Waals surface area contributed by atoms with Crippen LogP contribution in [0.2, 0.25) is 0 Å². The van der Waals surface area contributed by atoms with Gasteiger partial charge in [0.1, 0.15) is 0 Å². The zero-order valence-electron chi connectivity index (χ0n) is 10.5. The Labute approximate surface area is 120 Å². The monoisotopic (exact) mass is 278 g/mol. The van der Waals surface area contributed by atoms with E-state index in [4.69, 9.17) is 0 Å². The molecule has 0 spiro atoms. The zero-order chi connectivity index (χ0) is 13.4. The first-order valence-electron chi connectivity index (χ1n) is 6.21. The van der Waals surface area contributed by atoms with Crippen LogP contribution >= 0.6 is 11.8 Å². The Hall–Kier alpha value is -2.40. The predicted octanol–water partition coefficient (Wildman–Crippen LogP) is 3.81. The van der Waals surface area contributed by atoms with Crippen LogP contribution in [0.1, 0.15) is 0 Å². The van der Waals surface area contributed by atoms with Crippen molar-refractivity contribution in [1.29, 1.82) is 0 Å². The number of para-hydroxylation sites is 1. The molecule has 0 bridgehead atoms. The summed E-state index contributed by atoms with van der Waals surface area (Å²) in [6.45, 7) is 0. The van der Waals surface area contributed by atoms with Crippen LogP contribution in [0.25, 0.3) is 0 Å². The lowest BCUT2D eigenvalue weighted by Gasteiger charge is -2.30. The number of nitrogens with zero attached hydrogens (tertiary/aromatic N) is 4. The number of rotatable bonds is 1. The van der Waals surface area contributed by atoms with Crippen molar-refractivity contribution in [3.63, 3.8) is 0 Å². The third-order valence-electron chi connectivity index (χ3n) is 3.07. The average molecular weight is 278 g/mol. The Morgan fingerprint density at radius 2 is 1.75 bits per heavy atom. The third-order valence-corrected chi connectivity index (χ3v) is 4.17. The first kappa shape index (κ1) is 11.4. The van der Waals surface area contributed by atoms with E-state index in [1.807, 2.05) is 23.1 Å². The van der Waals surface area contributed by atoms with Crippen molar-refractivity contribution in [3.8, 4) is 0 Å². The molecule has 0 radical (unpaired) electrons. The maximum absolute atomic E-state index is 4.51. The van der Waals surface area contributed by atoms with Gasteiger partial charge in [-0.05, 0) is 24.3 Å². The number of pyridine rings is 1. The van der Waals surface area contributed by atoms with Gasteiger partial charge in [-0.25, -0.2) is 9.97 Å². The van der Waals surface area contributed by atoms with E-state index in [0.717, 1.165) is 22.2 Å². The normalized spacial score (nSPS) is 12.7. The molecule has 20 heavy (non-hydrogen) atoms. The van der Waals surface area contributed by atoms with Gasteiger partial charge in [0.05, 0.1) is 16.8 Å². The Bertz CT molecular complexity index is 715. The van der Waals surface area contributed by atoms with Crippen molar-refractivity contribution in [2.45, 2.75) is 9.79 Å². The molecule has 1 aliphatic rings. The van der Waals surface area contributed by atoms with Crippen LogP contribution in [0.3, 0.4) is 0 Å². The van der Waals surface area contributed by atoms with Crippen LogP contribution in [-0.2, 0) is 0 Å². The van der Waals surface area contributed by atoms with Crippen LogP contribution in [0, 0.1) is 0 Å². The van der Waals surface area contributed by atoms with Crippen molar-refractivity contribution in [2.24, 2.45) is 0 Å². The maximum atomic E-state index is 4.51. The van der Waals surface area contributed by atoms with Gasteiger partial charge in [-0.1, -0.05) is 23.9 Å². The number of aromatic nitrogens is 3. The Balaban J connectivity index is 1.98. The van der Waals surface area contributed by atoms with E-state index in [1.165, 1.54) is 4.90 Å². The van der Waals surface area contributed by atoms with Gasteiger partial charge in [0.15, 0.2) is 11.6 Å². The van der Waals surface area contributed by atoms with Gasteiger partial charge in [-0.15, -0.1) is 0 Å². The molecule has 0 aliphatic carbocycles. The van der Waals surface area contributed by atoms with Gasteiger partial charge < -0.3 is 0 Å². The van der Waals surface area contributed by atoms with Gasteiger partial charge in [-0.3, -0.25) is 9.88 Å². The fourth-order valence-corrected chi connectivity index (χ4v) is 3.26. The summed E-state index contributed by atoms with van der Waals surface area (Å²) in [6, 6.07) is 12.3. The highest BCUT2D eigenvalue weighted by Crippen LogP contribution is 2.49. The van der Waals surface area contributed by atoms with Gasteiger partial charge >= 0.3 is 0 Å². The molecule has 96 valence electrons. The van der Waals surface area contributed by atoms with E-state index < -0.39 is 0 Å². The molecular formula is C15H10N4S. The highest BCUT2D eigenvalue weighted by Gasteiger charge is 2.26. The topological polar surface area (TPSA) is 41.9 Å². The molecule has 0 atom stereocenters. The number of hydrogen-bond donors (Lipinski definition) is 0. The lowest BCUT2D eigenvalue weighted by atomic mass is 10.2. The van der Waals surface area contributed by atoms with E-state index in [1.54, 1.807) is 36.5 Å². The minimum Gasteiger partial charge on any atom is -0.276 e. The first-order chi connectivity index (χ1) is 9.93. The standard InChI is InChI=1S/C15H10N4S/c1-2-5-12-11(4-1)19(14-10-16-8-9-17-14)15-13(20-12)6-3-7-18-15/h1-10H. The molecule has 4 nitrogen and oxygen atoms in total. The molecule has 0 saturated heterocycles. The lowest BCUT2D eigenvalue weighted by molar-refractivity contribution is 1.04. The summed E-state index contributed by atoms with van der Waals surface area (Å²) in [5.74, 6) is 1.68. The Morgan fingerprint density at radius 1 is 0.850 bits per heavy atom. The second kappa shape index (κ2) is 4.61. The minimum atomic E-state index is 0.778. The molecule has 0 amide bonds. The zero-order valence-corrected chi connectivity index (χ0v) is 11.3. The number of anilines is 3. The van der Waals surface area contributed by atoms with E-state index >= 15 is 0 Å². The number of benzene rings is 1. The molecule has 0 fully saturated rings. The third kappa shape index (κ3) is 1.75. The molecule has 0 saturated carbocycles. The predicted molar refractivity (Wildman–Crippen MR) is 78.6 cm³/mol. The highest BCUT2D eigenvalue weighted by molar-refractivity contribution is 7.99. The SMILES string of the molecule is c1ccc2c(c1)Sc1cccnc1N2c1cnccn1.